The van der Waals surface area contributed by atoms with E-state index in [1.807, 2.05) is 0 Å². The Hall–Kier alpha value is -2.17. The van der Waals surface area contributed by atoms with Crippen molar-refractivity contribution in [1.29, 1.82) is 0 Å². The van der Waals surface area contributed by atoms with Gasteiger partial charge in [-0.2, -0.15) is 35.1 Å². The van der Waals surface area contributed by atoms with Gasteiger partial charge in [0.05, 0.1) is 0 Å². The van der Waals surface area contributed by atoms with Crippen LogP contribution in [0.25, 0.3) is 10.9 Å². The molecule has 0 spiro atoms. The van der Waals surface area contributed by atoms with Crippen LogP contribution in [0.3, 0.4) is 0 Å². The number of ketones is 1. The van der Waals surface area contributed by atoms with Crippen LogP contribution in [-0.4, -0.2) is 39.7 Å². The Bertz CT molecular complexity index is 1100. The first-order valence-electron chi connectivity index (χ1n) is 9.18. The van der Waals surface area contributed by atoms with Gasteiger partial charge in [-0.05, 0) is 31.5 Å². The van der Waals surface area contributed by atoms with E-state index >= 15 is 0 Å². The number of fused-ring (bicyclic) bond motifs is 1. The SMILES string of the molecule is CC1(C(=O)Cl)CC(F)(F)C1(F)F.CC1(C(=O)c2c[nH]c3ccccc23)CC(F)(F)C1(F)F. The second kappa shape index (κ2) is 6.91. The predicted molar refractivity (Wildman–Crippen MR) is 98.7 cm³/mol. The van der Waals surface area contributed by atoms with Gasteiger partial charge in [0.2, 0.25) is 5.24 Å². The molecule has 2 aliphatic carbocycles. The number of rotatable bonds is 3. The highest BCUT2D eigenvalue weighted by atomic mass is 35.5. The number of alkyl halides is 8. The molecule has 1 N–H and O–H groups in total. The lowest BCUT2D eigenvalue weighted by atomic mass is 9.60. The number of para-hydroxylation sites is 1. The zero-order valence-corrected chi connectivity index (χ0v) is 17.3. The van der Waals surface area contributed by atoms with Gasteiger partial charge in [0, 0.05) is 35.5 Å². The summed E-state index contributed by atoms with van der Waals surface area (Å²) in [5.74, 6) is -17.8. The molecule has 0 saturated heterocycles. The normalized spacial score (nSPS) is 31.0. The first-order valence-corrected chi connectivity index (χ1v) is 9.56. The van der Waals surface area contributed by atoms with Gasteiger partial charge in [0.15, 0.2) is 5.78 Å². The molecule has 2 unspecified atom stereocenters. The molecule has 0 aliphatic heterocycles. The summed E-state index contributed by atoms with van der Waals surface area (Å²) in [6.07, 6.45) is -1.02. The average Bonchev–Trinajstić information content (AvgIpc) is 3.10. The van der Waals surface area contributed by atoms with Gasteiger partial charge >= 0.3 is 23.7 Å². The number of hydrogen-bond donors (Lipinski definition) is 1. The summed E-state index contributed by atoms with van der Waals surface area (Å²) in [7, 11) is 0. The molecule has 176 valence electrons. The van der Waals surface area contributed by atoms with Crippen molar-refractivity contribution in [3.63, 3.8) is 0 Å². The maximum atomic E-state index is 13.6. The number of aromatic amines is 1. The monoisotopic (exact) mass is 489 g/mol. The molecule has 3 nitrogen and oxygen atoms in total. The number of carbonyl (C=O) groups is 2. The van der Waals surface area contributed by atoms with Crippen molar-refractivity contribution in [1.82, 2.24) is 4.98 Å². The average molecular weight is 490 g/mol. The molecule has 2 aliphatic rings. The van der Waals surface area contributed by atoms with Crippen LogP contribution in [-0.2, 0) is 4.79 Å². The maximum Gasteiger partial charge on any atom is 0.323 e. The van der Waals surface area contributed by atoms with Crippen molar-refractivity contribution in [3.8, 4) is 0 Å². The Morgan fingerprint density at radius 1 is 0.844 bits per heavy atom. The van der Waals surface area contributed by atoms with Crippen LogP contribution in [0.15, 0.2) is 30.5 Å². The molecule has 2 aromatic rings. The van der Waals surface area contributed by atoms with Gasteiger partial charge in [0.1, 0.15) is 10.8 Å². The van der Waals surface area contributed by atoms with Crippen LogP contribution in [0.2, 0.25) is 0 Å². The molecule has 0 amide bonds. The lowest BCUT2D eigenvalue weighted by Gasteiger charge is -2.50. The van der Waals surface area contributed by atoms with E-state index in [0.717, 1.165) is 13.8 Å². The summed E-state index contributed by atoms with van der Waals surface area (Å²) >= 11 is 4.78. The largest absolute Gasteiger partial charge is 0.360 e. The van der Waals surface area contributed by atoms with E-state index in [-0.39, 0.29) is 5.56 Å². The third-order valence-corrected chi connectivity index (χ3v) is 6.64. The number of carbonyl (C=O) groups excluding carboxylic acids is 2. The van der Waals surface area contributed by atoms with E-state index in [0.29, 0.717) is 10.9 Å². The summed E-state index contributed by atoms with van der Waals surface area (Å²) in [5, 5.41) is -0.955. The quantitative estimate of drug-likeness (QED) is 0.305. The van der Waals surface area contributed by atoms with Gasteiger partial charge < -0.3 is 4.98 Å². The molecule has 1 aromatic carbocycles. The molecule has 0 radical (unpaired) electrons. The van der Waals surface area contributed by atoms with Crippen molar-refractivity contribution < 1.29 is 44.7 Å². The topological polar surface area (TPSA) is 49.9 Å². The first-order chi connectivity index (χ1) is 14.4. The van der Waals surface area contributed by atoms with Crippen LogP contribution in [0.1, 0.15) is 37.0 Å². The maximum absolute atomic E-state index is 13.6. The van der Waals surface area contributed by atoms with Crippen LogP contribution in [0.4, 0.5) is 35.1 Å². The van der Waals surface area contributed by atoms with E-state index in [2.05, 4.69) is 4.98 Å². The molecule has 4 rings (SSSR count). The van der Waals surface area contributed by atoms with Crippen LogP contribution < -0.4 is 0 Å². The Morgan fingerprint density at radius 3 is 1.72 bits per heavy atom. The minimum absolute atomic E-state index is 0.0262. The fraction of sp³-hybridized carbons (Fsp3) is 0.500. The number of H-pyrrole nitrogens is 1. The standard InChI is InChI=1S/C14H11F4NO.C6H5ClF4O/c1-12(7-13(15,16)14(12,17)18)11(20)9-6-19-10-5-3-2-4-8(9)10;1-4(3(7)12)2-5(8,9)6(4,10)11/h2-6,19H,7H2,1H3;2H2,1H3. The third kappa shape index (κ3) is 2.99. The summed E-state index contributed by atoms with van der Waals surface area (Å²) in [4.78, 5) is 25.5. The Kier molecular flexibility index (Phi) is 5.29. The molecule has 1 heterocycles. The summed E-state index contributed by atoms with van der Waals surface area (Å²) in [6, 6.07) is 6.66. The van der Waals surface area contributed by atoms with Crippen molar-refractivity contribution in [2.24, 2.45) is 10.8 Å². The molecular weight excluding hydrogens is 474 g/mol. The second-order valence-electron chi connectivity index (χ2n) is 8.43. The number of halogens is 9. The van der Waals surface area contributed by atoms with Crippen molar-refractivity contribution in [2.45, 2.75) is 50.4 Å². The molecule has 1 aromatic heterocycles. The van der Waals surface area contributed by atoms with E-state index in [1.54, 1.807) is 24.3 Å². The van der Waals surface area contributed by atoms with Crippen molar-refractivity contribution >= 4 is 33.5 Å². The summed E-state index contributed by atoms with van der Waals surface area (Å²) < 4.78 is 103. The minimum atomic E-state index is -4.32. The number of aromatic nitrogens is 1. The predicted octanol–water partition coefficient (Wildman–Crippen LogP) is 6.46. The first kappa shape index (κ1) is 24.5. The minimum Gasteiger partial charge on any atom is -0.360 e. The lowest BCUT2D eigenvalue weighted by Crippen LogP contribution is -2.68. The van der Waals surface area contributed by atoms with Crippen LogP contribution in [0, 0.1) is 10.8 Å². The molecular formula is C20H16ClF8NO2. The number of nitrogens with one attached hydrogen (secondary N) is 1. The smallest absolute Gasteiger partial charge is 0.323 e. The number of hydrogen-bond acceptors (Lipinski definition) is 2. The Balaban J connectivity index is 0.000000207. The molecule has 12 heteroatoms. The van der Waals surface area contributed by atoms with E-state index in [4.69, 9.17) is 11.6 Å². The summed E-state index contributed by atoms with van der Waals surface area (Å²) in [5.41, 5.74) is -4.13. The van der Waals surface area contributed by atoms with Gasteiger partial charge in [-0.15, -0.1) is 0 Å². The molecule has 32 heavy (non-hydrogen) atoms. The van der Waals surface area contributed by atoms with Crippen molar-refractivity contribution in [3.05, 3.63) is 36.0 Å². The Labute approximate surface area is 181 Å². The van der Waals surface area contributed by atoms with Crippen molar-refractivity contribution in [2.75, 3.05) is 0 Å². The highest BCUT2D eigenvalue weighted by Crippen LogP contribution is 2.65. The third-order valence-electron chi connectivity index (χ3n) is 6.22. The molecule has 2 saturated carbocycles. The number of benzene rings is 1. The van der Waals surface area contributed by atoms with Crippen LogP contribution in [0.5, 0.6) is 0 Å². The highest BCUT2D eigenvalue weighted by Gasteiger charge is 2.81. The molecule has 0 bridgehead atoms. The summed E-state index contributed by atoms with van der Waals surface area (Å²) in [6.45, 7) is 1.63. The van der Waals surface area contributed by atoms with E-state index in [1.165, 1.54) is 6.20 Å². The van der Waals surface area contributed by atoms with Gasteiger partial charge in [-0.3, -0.25) is 9.59 Å². The fourth-order valence-corrected chi connectivity index (χ4v) is 4.08. The fourth-order valence-electron chi connectivity index (χ4n) is 3.90. The van der Waals surface area contributed by atoms with Gasteiger partial charge in [-0.1, -0.05) is 18.2 Å². The Morgan fingerprint density at radius 2 is 1.31 bits per heavy atom. The van der Waals surface area contributed by atoms with E-state index in [9.17, 15) is 44.7 Å². The second-order valence-corrected chi connectivity index (χ2v) is 8.77. The highest BCUT2D eigenvalue weighted by molar-refractivity contribution is 6.65. The zero-order chi connectivity index (χ0) is 24.5. The lowest BCUT2D eigenvalue weighted by molar-refractivity contribution is -0.337. The molecule has 2 atom stereocenters. The van der Waals surface area contributed by atoms with Gasteiger partial charge in [-0.25, -0.2) is 0 Å². The molecule has 2 fully saturated rings. The zero-order valence-electron chi connectivity index (χ0n) is 16.5. The number of Topliss-reactive ketones (excluding diaryl/α,β-unsaturated/α-hetero) is 1. The van der Waals surface area contributed by atoms with Gasteiger partial charge in [0.25, 0.3) is 0 Å². The van der Waals surface area contributed by atoms with E-state index < -0.39 is 58.4 Å². The van der Waals surface area contributed by atoms with Crippen LogP contribution >= 0.6 is 11.6 Å².